The molecule has 0 saturated carbocycles. The molecule has 0 unspecified atom stereocenters. The predicted molar refractivity (Wildman–Crippen MR) is 93.4 cm³/mol. The fraction of sp³-hybridized carbons (Fsp3) is 0.235. The highest BCUT2D eigenvalue weighted by Crippen LogP contribution is 2.27. The highest BCUT2D eigenvalue weighted by atomic mass is 32.2. The van der Waals surface area contributed by atoms with Crippen LogP contribution in [-0.2, 0) is 10.0 Å². The number of hydrogen-bond donors (Lipinski definition) is 2. The third-order valence-corrected chi connectivity index (χ3v) is 5.05. The van der Waals surface area contributed by atoms with E-state index in [1.54, 1.807) is 23.5 Å². The van der Waals surface area contributed by atoms with Gasteiger partial charge in [0.05, 0.1) is 17.7 Å². The number of anilines is 1. The second-order valence-corrected chi connectivity index (χ2v) is 7.23. The summed E-state index contributed by atoms with van der Waals surface area (Å²) in [6, 6.07) is 9.94. The monoisotopic (exact) mass is 402 g/mol. The molecule has 0 aliphatic heterocycles. The average Bonchev–Trinajstić information content (AvgIpc) is 2.59. The van der Waals surface area contributed by atoms with E-state index in [0.717, 1.165) is 6.07 Å². The second kappa shape index (κ2) is 7.87. The van der Waals surface area contributed by atoms with Crippen molar-refractivity contribution >= 4 is 21.6 Å². The van der Waals surface area contributed by atoms with Gasteiger partial charge in [0, 0.05) is 5.56 Å². The molecule has 146 valence electrons. The Morgan fingerprint density at radius 1 is 1.15 bits per heavy atom. The second-order valence-electron chi connectivity index (χ2n) is 5.58. The fourth-order valence-corrected chi connectivity index (χ4v) is 3.58. The number of aryl methyl sites for hydroxylation is 1. The molecule has 2 aromatic rings. The van der Waals surface area contributed by atoms with Crippen molar-refractivity contribution in [3.05, 3.63) is 53.6 Å². The number of halogens is 3. The third-order valence-electron chi connectivity index (χ3n) is 3.54. The molecule has 0 aliphatic rings. The third kappa shape index (κ3) is 5.36. The lowest BCUT2D eigenvalue weighted by molar-refractivity contribution is -0.123. The van der Waals surface area contributed by atoms with Crippen molar-refractivity contribution in [2.24, 2.45) is 0 Å². The Kier molecular flexibility index (Phi) is 5.99. The van der Waals surface area contributed by atoms with Crippen molar-refractivity contribution in [3.63, 3.8) is 0 Å². The van der Waals surface area contributed by atoms with Crippen molar-refractivity contribution in [1.82, 2.24) is 5.32 Å². The largest absolute Gasteiger partial charge is 0.495 e. The quantitative estimate of drug-likeness (QED) is 0.778. The first-order valence-corrected chi connectivity index (χ1v) is 9.13. The van der Waals surface area contributed by atoms with E-state index in [4.69, 9.17) is 4.74 Å². The van der Waals surface area contributed by atoms with Crippen molar-refractivity contribution in [2.45, 2.75) is 18.0 Å². The topological polar surface area (TPSA) is 84.5 Å². The number of nitrogens with one attached hydrogen (secondary N) is 2. The molecule has 2 rings (SSSR count). The molecule has 1 amide bonds. The normalized spacial score (nSPS) is 11.7. The van der Waals surface area contributed by atoms with Gasteiger partial charge in [-0.05, 0) is 36.8 Å². The van der Waals surface area contributed by atoms with E-state index in [1.165, 1.54) is 32.2 Å². The number of sulfonamides is 1. The fourth-order valence-electron chi connectivity index (χ4n) is 2.24. The summed E-state index contributed by atoms with van der Waals surface area (Å²) in [5, 5.41) is 1.71. The van der Waals surface area contributed by atoms with Gasteiger partial charge in [-0.25, -0.2) is 8.42 Å². The molecule has 0 bridgehead atoms. The molecule has 0 aliphatic carbocycles. The number of benzene rings is 2. The van der Waals surface area contributed by atoms with E-state index in [-0.39, 0.29) is 21.9 Å². The molecular formula is C17H17F3N2O4S. The first kappa shape index (κ1) is 20.6. The maximum atomic E-state index is 12.7. The molecular weight excluding hydrogens is 385 g/mol. The Hall–Kier alpha value is -2.75. The van der Waals surface area contributed by atoms with Crippen LogP contribution in [0.2, 0.25) is 0 Å². The summed E-state index contributed by atoms with van der Waals surface area (Å²) < 4.78 is 69.6. The van der Waals surface area contributed by atoms with Crippen LogP contribution in [0.25, 0.3) is 0 Å². The van der Waals surface area contributed by atoms with Crippen LogP contribution in [0.5, 0.6) is 5.75 Å². The number of carbonyl (C=O) groups excluding carboxylic acids is 1. The summed E-state index contributed by atoms with van der Waals surface area (Å²) in [5.41, 5.74) is 0.307. The first-order valence-electron chi connectivity index (χ1n) is 7.65. The minimum absolute atomic E-state index is 0.186. The van der Waals surface area contributed by atoms with Crippen LogP contribution < -0.4 is 14.8 Å². The van der Waals surface area contributed by atoms with Gasteiger partial charge in [0.15, 0.2) is 0 Å². The number of carbonyl (C=O) groups is 1. The van der Waals surface area contributed by atoms with Crippen LogP contribution in [0.4, 0.5) is 18.9 Å². The molecule has 6 nitrogen and oxygen atoms in total. The van der Waals surface area contributed by atoms with Gasteiger partial charge in [-0.3, -0.25) is 9.52 Å². The number of rotatable bonds is 6. The molecule has 0 heterocycles. The van der Waals surface area contributed by atoms with Crippen LogP contribution in [0.3, 0.4) is 0 Å². The lowest BCUT2D eigenvalue weighted by Crippen LogP contribution is -2.33. The van der Waals surface area contributed by atoms with Gasteiger partial charge in [0.2, 0.25) is 0 Å². The van der Waals surface area contributed by atoms with Crippen molar-refractivity contribution in [3.8, 4) is 5.75 Å². The SMILES string of the molecule is COc1ccccc1NS(=O)(=O)c1cc(C(=O)NCC(F)(F)F)ccc1C. The van der Waals surface area contributed by atoms with Gasteiger partial charge in [-0.2, -0.15) is 13.2 Å². The Balaban J connectivity index is 2.32. The number of hydrogen-bond acceptors (Lipinski definition) is 4. The molecule has 0 saturated heterocycles. The lowest BCUT2D eigenvalue weighted by Gasteiger charge is -2.14. The zero-order valence-corrected chi connectivity index (χ0v) is 15.2. The molecule has 10 heteroatoms. The molecule has 0 aromatic heterocycles. The van der Waals surface area contributed by atoms with Crippen molar-refractivity contribution < 1.29 is 31.1 Å². The van der Waals surface area contributed by atoms with E-state index < -0.39 is 28.7 Å². The molecule has 0 atom stereocenters. The number of ether oxygens (including phenoxy) is 1. The van der Waals surface area contributed by atoms with Gasteiger partial charge >= 0.3 is 6.18 Å². The number of methoxy groups -OCH3 is 1. The van der Waals surface area contributed by atoms with Gasteiger partial charge < -0.3 is 10.1 Å². The summed E-state index contributed by atoms with van der Waals surface area (Å²) in [6.07, 6.45) is -4.57. The van der Waals surface area contributed by atoms with E-state index in [9.17, 15) is 26.4 Å². The van der Waals surface area contributed by atoms with Gasteiger partial charge in [-0.15, -0.1) is 0 Å². The Bertz CT molecular complexity index is 943. The predicted octanol–water partition coefficient (Wildman–Crippen LogP) is 3.10. The maximum Gasteiger partial charge on any atom is 0.405 e. The Labute approximate surface area is 154 Å². The molecule has 0 radical (unpaired) electrons. The van der Waals surface area contributed by atoms with Crippen molar-refractivity contribution in [2.75, 3.05) is 18.4 Å². The first-order chi connectivity index (χ1) is 12.5. The maximum absolute atomic E-state index is 12.7. The van der Waals surface area contributed by atoms with E-state index >= 15 is 0 Å². The van der Waals surface area contributed by atoms with E-state index in [2.05, 4.69) is 4.72 Å². The van der Waals surface area contributed by atoms with Crippen LogP contribution in [0.1, 0.15) is 15.9 Å². The van der Waals surface area contributed by atoms with Crippen LogP contribution in [0.15, 0.2) is 47.4 Å². The zero-order chi connectivity index (χ0) is 20.2. The van der Waals surface area contributed by atoms with E-state index in [1.807, 2.05) is 0 Å². The molecule has 27 heavy (non-hydrogen) atoms. The zero-order valence-electron chi connectivity index (χ0n) is 14.4. The summed E-state index contributed by atoms with van der Waals surface area (Å²) in [5.74, 6) is -0.737. The van der Waals surface area contributed by atoms with Gasteiger partial charge in [0.25, 0.3) is 15.9 Å². The summed E-state index contributed by atoms with van der Waals surface area (Å²) >= 11 is 0. The molecule has 0 fully saturated rings. The van der Waals surface area contributed by atoms with Gasteiger partial charge in [0.1, 0.15) is 12.3 Å². The molecule has 2 aromatic carbocycles. The highest BCUT2D eigenvalue weighted by molar-refractivity contribution is 7.92. The summed E-state index contributed by atoms with van der Waals surface area (Å²) in [7, 11) is -2.73. The number of para-hydroxylation sites is 2. The molecule has 0 spiro atoms. The Morgan fingerprint density at radius 3 is 2.44 bits per heavy atom. The summed E-state index contributed by atoms with van der Waals surface area (Å²) in [4.78, 5) is 11.7. The van der Waals surface area contributed by atoms with Crippen LogP contribution in [-0.4, -0.2) is 34.2 Å². The Morgan fingerprint density at radius 2 is 1.81 bits per heavy atom. The van der Waals surface area contributed by atoms with Crippen LogP contribution >= 0.6 is 0 Å². The minimum atomic E-state index is -4.57. The van der Waals surface area contributed by atoms with Crippen LogP contribution in [0, 0.1) is 6.92 Å². The molecule has 2 N–H and O–H groups in total. The number of amides is 1. The standard InChI is InChI=1S/C17H17F3N2O4S/c1-11-7-8-12(16(23)21-10-17(18,19)20)9-15(11)27(24,25)22-13-5-3-4-6-14(13)26-2/h3-9,22H,10H2,1-2H3,(H,21,23). The highest BCUT2D eigenvalue weighted by Gasteiger charge is 2.28. The smallest absolute Gasteiger partial charge is 0.405 e. The summed E-state index contributed by atoms with van der Waals surface area (Å²) in [6.45, 7) is -0.00452. The average molecular weight is 402 g/mol. The van der Waals surface area contributed by atoms with Crippen molar-refractivity contribution in [1.29, 1.82) is 0 Å². The minimum Gasteiger partial charge on any atom is -0.495 e. The van der Waals surface area contributed by atoms with E-state index in [0.29, 0.717) is 5.56 Å². The lowest BCUT2D eigenvalue weighted by atomic mass is 10.1. The van der Waals surface area contributed by atoms with Gasteiger partial charge in [-0.1, -0.05) is 18.2 Å². The number of alkyl halides is 3.